The third-order valence-electron chi connectivity index (χ3n) is 3.66. The van der Waals surface area contributed by atoms with Crippen molar-refractivity contribution in [3.05, 3.63) is 0 Å². The second-order valence-electron chi connectivity index (χ2n) is 5.53. The van der Waals surface area contributed by atoms with Crippen LogP contribution in [0.4, 0.5) is 4.39 Å². The number of hydrogen-bond donors (Lipinski definition) is 0. The zero-order valence-corrected chi connectivity index (χ0v) is 10.8. The summed E-state index contributed by atoms with van der Waals surface area (Å²) in [6, 6.07) is 1.17. The maximum atomic E-state index is 13.6. The fourth-order valence-electron chi connectivity index (χ4n) is 2.99. The molecule has 0 radical (unpaired) electrons. The first-order valence-electron chi connectivity index (χ1n) is 6.36. The molecule has 1 heterocycles. The fourth-order valence-corrected chi connectivity index (χ4v) is 2.99. The van der Waals surface area contributed by atoms with Crippen LogP contribution < -0.4 is 0 Å². The molecule has 1 rings (SSSR count). The van der Waals surface area contributed by atoms with E-state index in [9.17, 15) is 4.39 Å². The van der Waals surface area contributed by atoms with Crippen molar-refractivity contribution >= 4 is 0 Å². The van der Waals surface area contributed by atoms with E-state index in [0.717, 1.165) is 6.42 Å². The van der Waals surface area contributed by atoms with Crippen LogP contribution in [0, 0.1) is 5.92 Å². The lowest BCUT2D eigenvalue weighted by molar-refractivity contribution is -0.00579. The molecule has 0 aromatic heterocycles. The van der Waals surface area contributed by atoms with Crippen molar-refractivity contribution < 1.29 is 4.39 Å². The van der Waals surface area contributed by atoms with Crippen LogP contribution in [0.15, 0.2) is 0 Å². The highest BCUT2D eigenvalue weighted by Crippen LogP contribution is 2.31. The van der Waals surface area contributed by atoms with Crippen LogP contribution in [0.2, 0.25) is 0 Å². The van der Waals surface area contributed by atoms with Crippen molar-refractivity contribution in [1.82, 2.24) is 4.90 Å². The summed E-state index contributed by atoms with van der Waals surface area (Å²) in [5.74, 6) is 0.633. The molecule has 0 N–H and O–H groups in total. The first-order valence-corrected chi connectivity index (χ1v) is 6.36. The van der Waals surface area contributed by atoms with Gasteiger partial charge in [0.1, 0.15) is 6.17 Å². The average Bonchev–Trinajstić information content (AvgIpc) is 2.16. The minimum Gasteiger partial charge on any atom is -0.292 e. The molecule has 15 heavy (non-hydrogen) atoms. The second-order valence-corrected chi connectivity index (χ2v) is 5.53. The molecule has 3 atom stereocenters. The smallest absolute Gasteiger partial charge is 0.113 e. The predicted octanol–water partition coefficient (Wildman–Crippen LogP) is 3.63. The summed E-state index contributed by atoms with van der Waals surface area (Å²) in [5, 5.41) is 0. The van der Waals surface area contributed by atoms with Gasteiger partial charge in [-0.25, -0.2) is 4.39 Å². The molecule has 1 aliphatic rings. The Bertz CT molecular complexity index is 173. The summed E-state index contributed by atoms with van der Waals surface area (Å²) in [5.41, 5.74) is 0. The molecule has 1 saturated heterocycles. The minimum absolute atomic E-state index is 0.145. The quantitative estimate of drug-likeness (QED) is 0.695. The van der Waals surface area contributed by atoms with E-state index in [1.54, 1.807) is 6.92 Å². The van der Waals surface area contributed by atoms with E-state index in [0.29, 0.717) is 18.0 Å². The molecular weight excluding hydrogens is 189 g/mol. The van der Waals surface area contributed by atoms with Crippen LogP contribution in [0.25, 0.3) is 0 Å². The zero-order chi connectivity index (χ0) is 11.6. The van der Waals surface area contributed by atoms with Crippen LogP contribution in [0.5, 0.6) is 0 Å². The number of rotatable bonds is 3. The van der Waals surface area contributed by atoms with Crippen LogP contribution >= 0.6 is 0 Å². The van der Waals surface area contributed by atoms with E-state index in [1.807, 2.05) is 0 Å². The lowest BCUT2D eigenvalue weighted by Gasteiger charge is -2.47. The van der Waals surface area contributed by atoms with Gasteiger partial charge in [0.05, 0.1) is 0 Å². The van der Waals surface area contributed by atoms with Crippen molar-refractivity contribution in [1.29, 1.82) is 0 Å². The van der Waals surface area contributed by atoms with Gasteiger partial charge in [0.2, 0.25) is 0 Å². The van der Waals surface area contributed by atoms with Crippen molar-refractivity contribution in [2.75, 3.05) is 0 Å². The minimum atomic E-state index is -0.700. The monoisotopic (exact) mass is 215 g/mol. The Morgan fingerprint density at radius 3 is 1.93 bits per heavy atom. The second kappa shape index (κ2) is 5.29. The van der Waals surface area contributed by atoms with Crippen LogP contribution in [-0.2, 0) is 0 Å². The Hall–Kier alpha value is -0.110. The zero-order valence-electron chi connectivity index (χ0n) is 10.8. The third-order valence-corrected chi connectivity index (χ3v) is 3.66. The first-order chi connectivity index (χ1) is 6.95. The Kier molecular flexibility index (Phi) is 4.57. The van der Waals surface area contributed by atoms with Gasteiger partial charge < -0.3 is 0 Å². The molecule has 0 aromatic carbocycles. The van der Waals surface area contributed by atoms with Gasteiger partial charge in [0.15, 0.2) is 0 Å². The number of likely N-dealkylation sites (tertiary alicyclic amines) is 1. The van der Waals surface area contributed by atoms with Crippen LogP contribution in [-0.4, -0.2) is 29.2 Å². The summed E-state index contributed by atoms with van der Waals surface area (Å²) in [4.78, 5) is 2.42. The molecule has 1 fully saturated rings. The third kappa shape index (κ3) is 2.93. The van der Waals surface area contributed by atoms with E-state index in [1.165, 1.54) is 12.8 Å². The summed E-state index contributed by atoms with van der Waals surface area (Å²) >= 11 is 0. The Morgan fingerprint density at radius 1 is 1.00 bits per heavy atom. The summed E-state index contributed by atoms with van der Waals surface area (Å²) in [6.45, 7) is 10.6. The molecule has 0 bridgehead atoms. The van der Waals surface area contributed by atoms with E-state index < -0.39 is 6.17 Å². The number of alkyl halides is 1. The van der Waals surface area contributed by atoms with Gasteiger partial charge in [-0.15, -0.1) is 0 Å². The lowest BCUT2D eigenvalue weighted by Crippen LogP contribution is -2.55. The van der Waals surface area contributed by atoms with Crippen molar-refractivity contribution in [2.24, 2.45) is 5.92 Å². The van der Waals surface area contributed by atoms with Crippen LogP contribution in [0.1, 0.15) is 53.9 Å². The molecule has 0 amide bonds. The van der Waals surface area contributed by atoms with E-state index in [-0.39, 0.29) is 6.04 Å². The molecule has 0 spiro atoms. The largest absolute Gasteiger partial charge is 0.292 e. The van der Waals surface area contributed by atoms with Crippen molar-refractivity contribution in [2.45, 2.75) is 78.2 Å². The van der Waals surface area contributed by atoms with Gasteiger partial charge in [0.25, 0.3) is 0 Å². The highest BCUT2D eigenvalue weighted by atomic mass is 19.1. The molecular formula is C13H26FN. The number of nitrogens with zero attached hydrogens (tertiary/aromatic N) is 1. The Labute approximate surface area is 94.0 Å². The number of piperidine rings is 1. The molecule has 0 aliphatic carbocycles. The molecule has 90 valence electrons. The Morgan fingerprint density at radius 2 is 1.53 bits per heavy atom. The average molecular weight is 215 g/mol. The predicted molar refractivity (Wildman–Crippen MR) is 63.8 cm³/mol. The SMILES string of the molecule is CC(C)C1CCCC(C(C)F)N1C(C)C. The lowest BCUT2D eigenvalue weighted by atomic mass is 9.86. The van der Waals surface area contributed by atoms with Crippen LogP contribution in [0.3, 0.4) is 0 Å². The van der Waals surface area contributed by atoms with Gasteiger partial charge >= 0.3 is 0 Å². The molecule has 1 aliphatic heterocycles. The summed E-state index contributed by atoms with van der Waals surface area (Å²) < 4.78 is 13.6. The van der Waals surface area contributed by atoms with Gasteiger partial charge in [-0.1, -0.05) is 20.3 Å². The van der Waals surface area contributed by atoms with E-state index >= 15 is 0 Å². The molecule has 2 heteroatoms. The highest BCUT2D eigenvalue weighted by molar-refractivity contribution is 4.90. The molecule has 1 nitrogen and oxygen atoms in total. The Balaban J connectivity index is 2.80. The molecule has 0 aromatic rings. The number of halogens is 1. The highest BCUT2D eigenvalue weighted by Gasteiger charge is 2.36. The molecule has 3 unspecified atom stereocenters. The standard InChI is InChI=1S/C13H26FN/c1-9(2)12-7-6-8-13(11(5)14)15(12)10(3)4/h9-13H,6-8H2,1-5H3. The topological polar surface area (TPSA) is 3.24 Å². The molecule has 0 saturated carbocycles. The van der Waals surface area contributed by atoms with Gasteiger partial charge in [0, 0.05) is 18.1 Å². The fraction of sp³-hybridized carbons (Fsp3) is 1.00. The van der Waals surface area contributed by atoms with Gasteiger partial charge in [-0.3, -0.25) is 4.90 Å². The summed E-state index contributed by atoms with van der Waals surface area (Å²) in [7, 11) is 0. The summed E-state index contributed by atoms with van der Waals surface area (Å²) in [6.07, 6.45) is 2.75. The maximum Gasteiger partial charge on any atom is 0.113 e. The maximum absolute atomic E-state index is 13.6. The first kappa shape index (κ1) is 13.0. The van der Waals surface area contributed by atoms with Crippen molar-refractivity contribution in [3.8, 4) is 0 Å². The normalized spacial score (nSPS) is 31.2. The van der Waals surface area contributed by atoms with E-state index in [4.69, 9.17) is 0 Å². The van der Waals surface area contributed by atoms with Gasteiger partial charge in [-0.05, 0) is 39.5 Å². The van der Waals surface area contributed by atoms with Crippen molar-refractivity contribution in [3.63, 3.8) is 0 Å². The van der Waals surface area contributed by atoms with Gasteiger partial charge in [-0.2, -0.15) is 0 Å². The van der Waals surface area contributed by atoms with E-state index in [2.05, 4.69) is 32.6 Å². The number of hydrogen-bond acceptors (Lipinski definition) is 1.